The van der Waals surface area contributed by atoms with Gasteiger partial charge in [-0.05, 0) is 13.8 Å². The first-order valence-corrected chi connectivity index (χ1v) is 3.95. The quantitative estimate of drug-likeness (QED) is 0.330. The third-order valence-electron chi connectivity index (χ3n) is 0.523. The van der Waals surface area contributed by atoms with Crippen LogP contribution in [0.1, 0.15) is 13.8 Å². The molecule has 0 heterocycles. The van der Waals surface area contributed by atoms with Crippen LogP contribution in [0, 0.1) is 0 Å². The third-order valence-corrected chi connectivity index (χ3v) is 0.523. The van der Waals surface area contributed by atoms with Gasteiger partial charge in [-0.2, -0.15) is 0 Å². The van der Waals surface area contributed by atoms with E-state index in [0.717, 1.165) is 0 Å². The van der Waals surface area contributed by atoms with Gasteiger partial charge in [-0.3, -0.25) is 4.55 Å². The van der Waals surface area contributed by atoms with Crippen LogP contribution >= 0.6 is 0 Å². The van der Waals surface area contributed by atoms with Gasteiger partial charge in [0.15, 0.2) is 5.60 Å². The maximum atomic E-state index is 9.77. The van der Waals surface area contributed by atoms with Crippen LogP contribution in [0.25, 0.3) is 0 Å². The molecule has 0 aromatic heterocycles. The second kappa shape index (κ2) is 5.83. The Bertz CT molecular complexity index is 230. The molecule has 0 amide bonds. The first kappa shape index (κ1) is 18.1. The first-order valence-electron chi connectivity index (χ1n) is 2.58. The van der Waals surface area contributed by atoms with Crippen molar-refractivity contribution >= 4 is 16.4 Å². The van der Waals surface area contributed by atoms with Crippen molar-refractivity contribution in [2.45, 2.75) is 19.4 Å². The Labute approximate surface area is 75.4 Å². The van der Waals surface area contributed by atoms with Crippen molar-refractivity contribution in [3.63, 3.8) is 0 Å². The molecule has 0 radical (unpaired) electrons. The number of carboxylic acids is 1. The van der Waals surface area contributed by atoms with Crippen LogP contribution < -0.4 is 6.15 Å². The molecule has 0 aromatic rings. The van der Waals surface area contributed by atoms with Crippen LogP contribution in [0.3, 0.4) is 0 Å². The Kier molecular flexibility index (Phi) is 8.13. The molecule has 0 bridgehead atoms. The molecule has 0 atom stereocenters. The summed E-state index contributed by atoms with van der Waals surface area (Å²) >= 11 is 0. The van der Waals surface area contributed by atoms with E-state index in [-0.39, 0.29) is 6.15 Å². The van der Waals surface area contributed by atoms with Crippen molar-refractivity contribution < 1.29 is 32.5 Å². The van der Waals surface area contributed by atoms with Crippen LogP contribution in [0.4, 0.5) is 0 Å². The van der Waals surface area contributed by atoms with E-state index < -0.39 is 22.0 Å². The van der Waals surface area contributed by atoms with Crippen molar-refractivity contribution in [3.05, 3.63) is 0 Å². The number of carbonyl (C=O) groups is 1. The first-order chi connectivity index (χ1) is 4.94. The molecule has 0 fully saturated rings. The molecule has 0 rings (SSSR count). The highest BCUT2D eigenvalue weighted by Gasteiger charge is 2.21. The molecule has 0 saturated carbocycles. The van der Waals surface area contributed by atoms with Gasteiger partial charge in [-0.1, -0.05) is 0 Å². The van der Waals surface area contributed by atoms with Crippen LogP contribution in [-0.4, -0.2) is 39.3 Å². The Morgan fingerprint density at radius 2 is 1.46 bits per heavy atom. The molecule has 0 aliphatic carbocycles. The topological polar surface area (TPSA) is 171 Å². The van der Waals surface area contributed by atoms with Gasteiger partial charge in [0.05, 0.1) is 0 Å². The molecule has 82 valence electrons. The average Bonchev–Trinajstić information content (AvgIpc) is 1.55. The number of carboxylic acid groups (broad SMARTS) is 1. The van der Waals surface area contributed by atoms with Crippen LogP contribution in [0.5, 0.6) is 0 Å². The SMILES string of the molecule is CC(C)(O)C(=O)O.O=S(=O)([O-])O.[NH4+]. The van der Waals surface area contributed by atoms with Crippen molar-refractivity contribution in [1.82, 2.24) is 6.15 Å². The van der Waals surface area contributed by atoms with Crippen LogP contribution in [-0.2, 0) is 15.2 Å². The maximum Gasteiger partial charge on any atom is 0.335 e. The largest absolute Gasteiger partial charge is 0.726 e. The smallest absolute Gasteiger partial charge is 0.335 e. The summed E-state index contributed by atoms with van der Waals surface area (Å²) in [6, 6.07) is 0. The van der Waals surface area contributed by atoms with Gasteiger partial charge in [0, 0.05) is 0 Å². The van der Waals surface area contributed by atoms with E-state index in [2.05, 4.69) is 0 Å². The number of aliphatic carboxylic acids is 1. The lowest BCUT2D eigenvalue weighted by atomic mass is 10.1. The summed E-state index contributed by atoms with van der Waals surface area (Å²) in [5, 5.41) is 16.5. The maximum absolute atomic E-state index is 9.77. The van der Waals surface area contributed by atoms with E-state index in [4.69, 9.17) is 27.7 Å². The van der Waals surface area contributed by atoms with Crippen LogP contribution in [0.2, 0.25) is 0 Å². The Balaban J connectivity index is -0.000000150. The molecular weight excluding hydrogens is 206 g/mol. The van der Waals surface area contributed by atoms with Gasteiger partial charge in [-0.15, -0.1) is 0 Å². The van der Waals surface area contributed by atoms with Crippen molar-refractivity contribution in [3.8, 4) is 0 Å². The molecular formula is C4H13NO7S. The molecule has 0 aliphatic rings. The predicted octanol–water partition coefficient (Wildman–Crippen LogP) is -0.777. The minimum absolute atomic E-state index is 0. The Morgan fingerprint density at radius 1 is 1.38 bits per heavy atom. The van der Waals surface area contributed by atoms with E-state index in [0.29, 0.717) is 0 Å². The van der Waals surface area contributed by atoms with E-state index in [1.54, 1.807) is 0 Å². The molecule has 9 heteroatoms. The number of hydrogen-bond acceptors (Lipinski definition) is 5. The highest BCUT2D eigenvalue weighted by molar-refractivity contribution is 7.79. The van der Waals surface area contributed by atoms with E-state index in [9.17, 15) is 4.79 Å². The number of quaternary nitrogens is 1. The zero-order valence-electron chi connectivity index (χ0n) is 7.38. The fourth-order valence-electron chi connectivity index (χ4n) is 0. The highest BCUT2D eigenvalue weighted by Crippen LogP contribution is 1.97. The summed E-state index contributed by atoms with van der Waals surface area (Å²) in [4.78, 5) is 9.77. The lowest BCUT2D eigenvalue weighted by Crippen LogP contribution is -2.30. The van der Waals surface area contributed by atoms with Gasteiger partial charge < -0.3 is 20.9 Å². The van der Waals surface area contributed by atoms with Crippen molar-refractivity contribution in [2.75, 3.05) is 0 Å². The zero-order chi connectivity index (χ0) is 10.6. The van der Waals surface area contributed by atoms with Crippen molar-refractivity contribution in [1.29, 1.82) is 0 Å². The summed E-state index contributed by atoms with van der Waals surface area (Å²) < 4.78 is 32.8. The molecule has 0 saturated heterocycles. The molecule has 13 heavy (non-hydrogen) atoms. The van der Waals surface area contributed by atoms with Gasteiger partial charge in [0.25, 0.3) is 0 Å². The summed E-state index contributed by atoms with van der Waals surface area (Å²) in [5.74, 6) is -1.20. The fraction of sp³-hybridized carbons (Fsp3) is 0.750. The van der Waals surface area contributed by atoms with Crippen LogP contribution in [0.15, 0.2) is 0 Å². The van der Waals surface area contributed by atoms with Crippen molar-refractivity contribution in [2.24, 2.45) is 0 Å². The molecule has 0 aromatic carbocycles. The average molecular weight is 219 g/mol. The molecule has 0 unspecified atom stereocenters. The predicted molar refractivity (Wildman–Crippen MR) is 42.2 cm³/mol. The lowest BCUT2D eigenvalue weighted by Gasteiger charge is -2.07. The summed E-state index contributed by atoms with van der Waals surface area (Å²) in [6.07, 6.45) is 0. The number of hydrogen-bond donors (Lipinski definition) is 4. The number of aliphatic hydroxyl groups is 1. The summed E-state index contributed by atoms with van der Waals surface area (Å²) in [6.45, 7) is 2.44. The second-order valence-electron chi connectivity index (χ2n) is 2.29. The molecule has 8 nitrogen and oxygen atoms in total. The van der Waals surface area contributed by atoms with E-state index >= 15 is 0 Å². The second-order valence-corrected chi connectivity index (χ2v) is 3.15. The third kappa shape index (κ3) is 34.9. The van der Waals surface area contributed by atoms with E-state index in [1.807, 2.05) is 0 Å². The van der Waals surface area contributed by atoms with Gasteiger partial charge in [0.1, 0.15) is 0 Å². The lowest BCUT2D eigenvalue weighted by molar-refractivity contribution is -0.154. The number of rotatable bonds is 1. The summed E-state index contributed by atoms with van der Waals surface area (Å²) in [7, 11) is -4.92. The van der Waals surface area contributed by atoms with E-state index in [1.165, 1.54) is 13.8 Å². The summed E-state index contributed by atoms with van der Waals surface area (Å²) in [5.41, 5.74) is -1.58. The minimum atomic E-state index is -4.92. The Morgan fingerprint density at radius 3 is 1.46 bits per heavy atom. The minimum Gasteiger partial charge on any atom is -0.726 e. The fourth-order valence-corrected chi connectivity index (χ4v) is 0. The monoisotopic (exact) mass is 219 g/mol. The molecule has 0 spiro atoms. The molecule has 7 N–H and O–H groups in total. The van der Waals surface area contributed by atoms with Gasteiger partial charge >= 0.3 is 5.97 Å². The molecule has 0 aliphatic heterocycles. The normalized spacial score (nSPS) is 10.5. The standard InChI is InChI=1S/C4H8O3.H3N.H2O4S/c1-4(2,7)3(5)6;;1-5(2,3)4/h7H,1-2H3,(H,5,6);1H3;(H2,1,2,3,4). The van der Waals surface area contributed by atoms with Gasteiger partial charge in [0.2, 0.25) is 10.4 Å². The zero-order valence-corrected chi connectivity index (χ0v) is 8.20. The highest BCUT2D eigenvalue weighted by atomic mass is 32.3. The Hall–Kier alpha value is -0.740. The van der Waals surface area contributed by atoms with Gasteiger partial charge in [-0.25, -0.2) is 13.2 Å².